The Hall–Kier alpha value is -0.640. The fourth-order valence-corrected chi connectivity index (χ4v) is 2.76. The van der Waals surface area contributed by atoms with Gasteiger partial charge in [0.1, 0.15) is 5.82 Å². The first-order valence-electron chi connectivity index (χ1n) is 6.68. The quantitative estimate of drug-likeness (QED) is 0.920. The summed E-state index contributed by atoms with van der Waals surface area (Å²) in [6, 6.07) is 4.72. The number of rotatable bonds is 3. The van der Waals surface area contributed by atoms with E-state index in [9.17, 15) is 9.50 Å². The molecular weight excluding hydrogens is 267 g/mol. The lowest BCUT2D eigenvalue weighted by atomic mass is 9.82. The van der Waals surface area contributed by atoms with Gasteiger partial charge in [0.05, 0.1) is 16.7 Å². The summed E-state index contributed by atoms with van der Waals surface area (Å²) in [7, 11) is 0. The molecule has 0 aliphatic carbocycles. The van der Waals surface area contributed by atoms with E-state index in [0.717, 1.165) is 0 Å². The summed E-state index contributed by atoms with van der Waals surface area (Å²) < 4.78 is 19.1. The highest BCUT2D eigenvalue weighted by molar-refractivity contribution is 6.31. The van der Waals surface area contributed by atoms with Gasteiger partial charge in [0.2, 0.25) is 0 Å². The van der Waals surface area contributed by atoms with Gasteiger partial charge in [0.25, 0.3) is 0 Å². The van der Waals surface area contributed by atoms with Crippen molar-refractivity contribution in [1.82, 2.24) is 0 Å². The predicted molar refractivity (Wildman–Crippen MR) is 73.9 cm³/mol. The summed E-state index contributed by atoms with van der Waals surface area (Å²) in [6.45, 7) is 4.68. The molecule has 19 heavy (non-hydrogen) atoms. The molecule has 1 N–H and O–H groups in total. The number of halogens is 2. The Balaban J connectivity index is 2.14. The van der Waals surface area contributed by atoms with Gasteiger partial charge < -0.3 is 9.84 Å². The average Bonchev–Trinajstić information content (AvgIpc) is 2.35. The van der Waals surface area contributed by atoms with Crippen LogP contribution >= 0.6 is 11.6 Å². The number of ether oxygens (including phenoxy) is 1. The lowest BCUT2D eigenvalue weighted by Crippen LogP contribution is -2.44. The van der Waals surface area contributed by atoms with Crippen molar-refractivity contribution in [1.29, 1.82) is 0 Å². The molecular formula is C15H20ClFO2. The van der Waals surface area contributed by atoms with Crippen molar-refractivity contribution in [3.8, 4) is 0 Å². The fraction of sp³-hybridized carbons (Fsp3) is 0.600. The molecule has 2 nitrogen and oxygen atoms in total. The first-order valence-corrected chi connectivity index (χ1v) is 7.06. The van der Waals surface area contributed by atoms with Crippen molar-refractivity contribution in [2.45, 2.75) is 44.8 Å². The Morgan fingerprint density at radius 2 is 2.26 bits per heavy atom. The van der Waals surface area contributed by atoms with Crippen LogP contribution in [0.4, 0.5) is 4.39 Å². The van der Waals surface area contributed by atoms with Gasteiger partial charge in [0.15, 0.2) is 0 Å². The molecule has 1 saturated heterocycles. The molecule has 0 aromatic heterocycles. The molecule has 1 aliphatic heterocycles. The van der Waals surface area contributed by atoms with Crippen LogP contribution in [0, 0.1) is 11.7 Å². The first kappa shape index (κ1) is 14.8. The van der Waals surface area contributed by atoms with Crippen molar-refractivity contribution >= 4 is 11.6 Å². The van der Waals surface area contributed by atoms with Crippen LogP contribution in [0.25, 0.3) is 0 Å². The van der Waals surface area contributed by atoms with E-state index in [0.29, 0.717) is 37.4 Å². The van der Waals surface area contributed by atoms with E-state index in [1.54, 1.807) is 12.1 Å². The second kappa shape index (κ2) is 5.78. The van der Waals surface area contributed by atoms with Crippen molar-refractivity contribution in [3.05, 3.63) is 34.6 Å². The maximum atomic E-state index is 13.4. The molecule has 0 spiro atoms. The normalized spacial score (nSPS) is 27.8. The summed E-state index contributed by atoms with van der Waals surface area (Å²) in [6.07, 6.45) is 1.54. The molecule has 4 heteroatoms. The fourth-order valence-electron chi connectivity index (χ4n) is 2.56. The Morgan fingerprint density at radius 3 is 2.95 bits per heavy atom. The average molecular weight is 287 g/mol. The second-order valence-electron chi connectivity index (χ2n) is 5.72. The molecule has 106 valence electrons. The van der Waals surface area contributed by atoms with Crippen LogP contribution in [-0.2, 0) is 11.2 Å². The maximum absolute atomic E-state index is 13.4. The lowest BCUT2D eigenvalue weighted by molar-refractivity contribution is -0.116. The molecule has 1 fully saturated rings. The number of aliphatic hydroxyl groups is 1. The first-order chi connectivity index (χ1) is 8.91. The highest BCUT2D eigenvalue weighted by atomic mass is 35.5. The van der Waals surface area contributed by atoms with Crippen LogP contribution in [0.2, 0.25) is 5.02 Å². The second-order valence-corrected chi connectivity index (χ2v) is 6.10. The monoisotopic (exact) mass is 286 g/mol. The van der Waals surface area contributed by atoms with Gasteiger partial charge in [-0.15, -0.1) is 0 Å². The molecule has 0 saturated carbocycles. The molecule has 2 unspecified atom stereocenters. The minimum absolute atomic E-state index is 0.0473. The van der Waals surface area contributed by atoms with Gasteiger partial charge >= 0.3 is 0 Å². The molecule has 1 heterocycles. The molecule has 0 bridgehead atoms. The maximum Gasteiger partial charge on any atom is 0.142 e. The Kier molecular flexibility index (Phi) is 4.49. The predicted octanol–water partition coefficient (Wildman–Crippen LogP) is 3.59. The Bertz CT molecular complexity index is 450. The van der Waals surface area contributed by atoms with Crippen molar-refractivity contribution < 1.29 is 14.2 Å². The van der Waals surface area contributed by atoms with Gasteiger partial charge in [-0.3, -0.25) is 0 Å². The summed E-state index contributed by atoms with van der Waals surface area (Å²) in [5.74, 6) is -0.0787. The molecule has 0 amide bonds. The van der Waals surface area contributed by atoms with Crippen molar-refractivity contribution in [2.24, 2.45) is 5.92 Å². The zero-order valence-electron chi connectivity index (χ0n) is 11.3. The Morgan fingerprint density at radius 1 is 1.53 bits per heavy atom. The van der Waals surface area contributed by atoms with Crippen LogP contribution in [0.5, 0.6) is 0 Å². The smallest absolute Gasteiger partial charge is 0.142 e. The molecule has 1 aromatic carbocycles. The third-order valence-corrected chi connectivity index (χ3v) is 4.20. The Labute approximate surface area is 118 Å². The van der Waals surface area contributed by atoms with E-state index in [-0.39, 0.29) is 11.1 Å². The SMILES string of the molecule is CC(C)C1CC(O)(Cc2cccc(F)c2Cl)CCO1. The van der Waals surface area contributed by atoms with Gasteiger partial charge in [-0.25, -0.2) is 4.39 Å². The van der Waals surface area contributed by atoms with E-state index in [1.807, 2.05) is 0 Å². The standard InChI is InChI=1S/C15H20ClFO2/c1-10(2)13-9-15(18,6-7-19-13)8-11-4-3-5-12(17)14(11)16/h3-5,10,13,18H,6-9H2,1-2H3. The van der Waals surface area contributed by atoms with Crippen LogP contribution in [0.3, 0.4) is 0 Å². The number of benzene rings is 1. The van der Waals surface area contributed by atoms with E-state index in [1.165, 1.54) is 6.07 Å². The van der Waals surface area contributed by atoms with Crippen LogP contribution in [0.15, 0.2) is 18.2 Å². The molecule has 1 aromatic rings. The number of hydrogen-bond acceptors (Lipinski definition) is 2. The van der Waals surface area contributed by atoms with Gasteiger partial charge in [-0.2, -0.15) is 0 Å². The van der Waals surface area contributed by atoms with Crippen LogP contribution in [0.1, 0.15) is 32.3 Å². The molecule has 2 rings (SSSR count). The zero-order chi connectivity index (χ0) is 14.0. The summed E-state index contributed by atoms with van der Waals surface area (Å²) >= 11 is 5.96. The molecule has 1 aliphatic rings. The summed E-state index contributed by atoms with van der Waals surface area (Å²) in [5, 5.41) is 10.8. The van der Waals surface area contributed by atoms with E-state index < -0.39 is 11.4 Å². The third-order valence-electron chi connectivity index (χ3n) is 3.78. The topological polar surface area (TPSA) is 29.5 Å². The van der Waals surface area contributed by atoms with Gasteiger partial charge in [-0.1, -0.05) is 37.6 Å². The van der Waals surface area contributed by atoms with Crippen molar-refractivity contribution in [3.63, 3.8) is 0 Å². The largest absolute Gasteiger partial charge is 0.389 e. The highest BCUT2D eigenvalue weighted by Crippen LogP contribution is 2.33. The third kappa shape index (κ3) is 3.47. The van der Waals surface area contributed by atoms with Crippen LogP contribution in [-0.4, -0.2) is 23.4 Å². The van der Waals surface area contributed by atoms with Crippen LogP contribution < -0.4 is 0 Å². The van der Waals surface area contributed by atoms with Gasteiger partial charge in [-0.05, 0) is 24.0 Å². The van der Waals surface area contributed by atoms with Crippen molar-refractivity contribution in [2.75, 3.05) is 6.61 Å². The van der Waals surface area contributed by atoms with E-state index in [4.69, 9.17) is 16.3 Å². The minimum atomic E-state index is -0.857. The molecule has 0 radical (unpaired) electrons. The van der Waals surface area contributed by atoms with E-state index in [2.05, 4.69) is 13.8 Å². The minimum Gasteiger partial charge on any atom is -0.389 e. The summed E-state index contributed by atoms with van der Waals surface area (Å²) in [4.78, 5) is 0. The van der Waals surface area contributed by atoms with Gasteiger partial charge in [0, 0.05) is 19.4 Å². The highest BCUT2D eigenvalue weighted by Gasteiger charge is 2.36. The number of hydrogen-bond donors (Lipinski definition) is 1. The lowest BCUT2D eigenvalue weighted by Gasteiger charge is -2.38. The van der Waals surface area contributed by atoms with E-state index >= 15 is 0 Å². The summed E-state index contributed by atoms with van der Waals surface area (Å²) in [5.41, 5.74) is -0.196. The zero-order valence-corrected chi connectivity index (χ0v) is 12.1. The molecule has 2 atom stereocenters.